The molecule has 1 aliphatic heterocycles. The smallest absolute Gasteiger partial charge is 0.295 e. The van der Waals surface area contributed by atoms with Gasteiger partial charge in [0.05, 0.1) is 18.7 Å². The number of carbonyl (C=O) groups excluding carboxylic acids is 2. The number of aliphatic hydroxyl groups is 1. The standard InChI is InChI=1S/C24H28N2O5/c1-15-14-18(31-4)10-11-19(15)22(28)20-21(16-6-8-17(27)9-7-16)26(24(30)23(20)29)13-5-12-25(2)3/h6-11,14,21,27-28H,5,12-13H2,1-4H3. The highest BCUT2D eigenvalue weighted by Crippen LogP contribution is 2.40. The number of nitrogens with zero attached hydrogens (tertiary/aromatic N) is 2. The van der Waals surface area contributed by atoms with Gasteiger partial charge in [0.25, 0.3) is 11.7 Å². The number of Topliss-reactive ketones (excluding diaryl/α,β-unsaturated/α-hetero) is 1. The van der Waals surface area contributed by atoms with Crippen molar-refractivity contribution in [2.75, 3.05) is 34.3 Å². The van der Waals surface area contributed by atoms with Crippen molar-refractivity contribution in [3.05, 3.63) is 64.7 Å². The molecule has 164 valence electrons. The lowest BCUT2D eigenvalue weighted by atomic mass is 9.94. The Labute approximate surface area is 182 Å². The number of phenols is 1. The van der Waals surface area contributed by atoms with Crippen LogP contribution in [0.15, 0.2) is 48.0 Å². The zero-order valence-electron chi connectivity index (χ0n) is 18.3. The van der Waals surface area contributed by atoms with E-state index in [-0.39, 0.29) is 17.1 Å². The quantitative estimate of drug-likeness (QED) is 0.403. The molecule has 31 heavy (non-hydrogen) atoms. The Morgan fingerprint density at radius 1 is 1.13 bits per heavy atom. The van der Waals surface area contributed by atoms with Crippen molar-refractivity contribution in [3.63, 3.8) is 0 Å². The fourth-order valence-corrected chi connectivity index (χ4v) is 3.85. The summed E-state index contributed by atoms with van der Waals surface area (Å²) in [6.07, 6.45) is 0.677. The molecule has 0 spiro atoms. The number of benzene rings is 2. The predicted molar refractivity (Wildman–Crippen MR) is 118 cm³/mol. The van der Waals surface area contributed by atoms with E-state index in [0.717, 1.165) is 12.1 Å². The van der Waals surface area contributed by atoms with Crippen molar-refractivity contribution in [2.24, 2.45) is 0 Å². The molecule has 1 aliphatic rings. The minimum atomic E-state index is -0.732. The Bertz CT molecular complexity index is 1010. The molecule has 1 unspecified atom stereocenters. The maximum absolute atomic E-state index is 13.0. The first-order valence-corrected chi connectivity index (χ1v) is 10.1. The number of rotatable bonds is 7. The largest absolute Gasteiger partial charge is 0.508 e. The van der Waals surface area contributed by atoms with Crippen molar-refractivity contribution in [1.82, 2.24) is 9.80 Å². The molecule has 7 nitrogen and oxygen atoms in total. The number of carbonyl (C=O) groups is 2. The Hall–Kier alpha value is -3.32. The van der Waals surface area contributed by atoms with Crippen molar-refractivity contribution in [3.8, 4) is 11.5 Å². The van der Waals surface area contributed by atoms with E-state index in [9.17, 15) is 19.8 Å². The lowest BCUT2D eigenvalue weighted by molar-refractivity contribution is -0.139. The summed E-state index contributed by atoms with van der Waals surface area (Å²) < 4.78 is 5.22. The number of ether oxygens (including phenoxy) is 1. The van der Waals surface area contributed by atoms with Crippen LogP contribution >= 0.6 is 0 Å². The number of phenolic OH excluding ortho intramolecular Hbond substituents is 1. The summed E-state index contributed by atoms with van der Waals surface area (Å²) in [7, 11) is 5.44. The average Bonchev–Trinajstić information content (AvgIpc) is 2.98. The van der Waals surface area contributed by atoms with Crippen LogP contribution in [0.1, 0.15) is 29.2 Å². The number of aromatic hydroxyl groups is 1. The molecule has 1 fully saturated rings. The van der Waals surface area contributed by atoms with Gasteiger partial charge in [-0.15, -0.1) is 0 Å². The number of aliphatic hydroxyl groups excluding tert-OH is 1. The molecule has 2 aromatic carbocycles. The summed E-state index contributed by atoms with van der Waals surface area (Å²) in [6.45, 7) is 2.93. The zero-order chi connectivity index (χ0) is 22.7. The highest BCUT2D eigenvalue weighted by Gasteiger charge is 2.45. The van der Waals surface area contributed by atoms with Gasteiger partial charge in [-0.05, 0) is 75.4 Å². The van der Waals surface area contributed by atoms with E-state index in [1.165, 1.54) is 17.0 Å². The summed E-state index contributed by atoms with van der Waals surface area (Å²) in [4.78, 5) is 29.4. The van der Waals surface area contributed by atoms with Gasteiger partial charge in [0, 0.05) is 12.1 Å². The van der Waals surface area contributed by atoms with Crippen LogP contribution in [0.2, 0.25) is 0 Å². The Morgan fingerprint density at radius 3 is 2.39 bits per heavy atom. The monoisotopic (exact) mass is 424 g/mol. The summed E-state index contributed by atoms with van der Waals surface area (Å²) in [5, 5.41) is 20.8. The van der Waals surface area contributed by atoms with Crippen LogP contribution in [-0.2, 0) is 9.59 Å². The molecule has 1 heterocycles. The van der Waals surface area contributed by atoms with Crippen LogP contribution in [0.5, 0.6) is 11.5 Å². The van der Waals surface area contributed by atoms with Gasteiger partial charge in [-0.3, -0.25) is 9.59 Å². The molecular formula is C24H28N2O5. The van der Waals surface area contributed by atoms with Crippen LogP contribution in [-0.4, -0.2) is 66.0 Å². The van der Waals surface area contributed by atoms with Crippen LogP contribution in [0.4, 0.5) is 0 Å². The summed E-state index contributed by atoms with van der Waals surface area (Å²) in [6, 6.07) is 10.8. The molecule has 0 saturated carbocycles. The zero-order valence-corrected chi connectivity index (χ0v) is 18.3. The molecule has 3 rings (SSSR count). The average molecular weight is 424 g/mol. The van der Waals surface area contributed by atoms with Crippen molar-refractivity contribution >= 4 is 17.4 Å². The SMILES string of the molecule is COc1ccc(C(O)=C2C(=O)C(=O)N(CCCN(C)C)C2c2ccc(O)cc2)c(C)c1. The maximum Gasteiger partial charge on any atom is 0.295 e. The molecule has 1 atom stereocenters. The van der Waals surface area contributed by atoms with Crippen molar-refractivity contribution in [2.45, 2.75) is 19.4 Å². The third-order valence-corrected chi connectivity index (χ3v) is 5.44. The van der Waals surface area contributed by atoms with Gasteiger partial charge < -0.3 is 24.7 Å². The van der Waals surface area contributed by atoms with Crippen LogP contribution in [0.3, 0.4) is 0 Å². The van der Waals surface area contributed by atoms with E-state index in [1.54, 1.807) is 44.4 Å². The van der Waals surface area contributed by atoms with Crippen molar-refractivity contribution < 1.29 is 24.5 Å². The minimum absolute atomic E-state index is 0.0498. The van der Waals surface area contributed by atoms with Gasteiger partial charge in [-0.25, -0.2) is 0 Å². The third-order valence-electron chi connectivity index (χ3n) is 5.44. The lowest BCUT2D eigenvalue weighted by Crippen LogP contribution is -2.32. The number of aryl methyl sites for hydroxylation is 1. The number of methoxy groups -OCH3 is 1. The number of ketones is 1. The van der Waals surface area contributed by atoms with Crippen LogP contribution in [0, 0.1) is 6.92 Å². The fourth-order valence-electron chi connectivity index (χ4n) is 3.85. The van der Waals surface area contributed by atoms with Crippen molar-refractivity contribution in [1.29, 1.82) is 0 Å². The molecular weight excluding hydrogens is 396 g/mol. The van der Waals surface area contributed by atoms with E-state index < -0.39 is 17.7 Å². The molecule has 0 aromatic heterocycles. The summed E-state index contributed by atoms with van der Waals surface area (Å²) in [5.41, 5.74) is 1.89. The van der Waals surface area contributed by atoms with E-state index in [0.29, 0.717) is 29.8 Å². The minimum Gasteiger partial charge on any atom is -0.508 e. The highest BCUT2D eigenvalue weighted by atomic mass is 16.5. The fraction of sp³-hybridized carbons (Fsp3) is 0.333. The molecule has 0 bridgehead atoms. The van der Waals surface area contributed by atoms with Crippen LogP contribution < -0.4 is 4.74 Å². The van der Waals surface area contributed by atoms with Gasteiger partial charge in [0.15, 0.2) is 0 Å². The lowest BCUT2D eigenvalue weighted by Gasteiger charge is -2.26. The van der Waals surface area contributed by atoms with Gasteiger partial charge in [-0.1, -0.05) is 12.1 Å². The first-order chi connectivity index (χ1) is 14.7. The highest BCUT2D eigenvalue weighted by molar-refractivity contribution is 6.46. The maximum atomic E-state index is 13.0. The molecule has 0 aliphatic carbocycles. The molecule has 2 aromatic rings. The van der Waals surface area contributed by atoms with Crippen LogP contribution in [0.25, 0.3) is 5.76 Å². The second kappa shape index (κ2) is 9.22. The Morgan fingerprint density at radius 2 is 1.81 bits per heavy atom. The molecule has 0 radical (unpaired) electrons. The molecule has 1 amide bonds. The van der Waals surface area contributed by atoms with E-state index >= 15 is 0 Å². The number of hydrogen-bond donors (Lipinski definition) is 2. The number of likely N-dealkylation sites (tertiary alicyclic amines) is 1. The first kappa shape index (κ1) is 22.4. The van der Waals surface area contributed by atoms with Gasteiger partial charge >= 0.3 is 0 Å². The Kier molecular flexibility index (Phi) is 6.65. The second-order valence-electron chi connectivity index (χ2n) is 7.92. The van der Waals surface area contributed by atoms with E-state index in [2.05, 4.69) is 0 Å². The summed E-state index contributed by atoms with van der Waals surface area (Å²) in [5.74, 6) is -0.848. The van der Waals surface area contributed by atoms with Gasteiger partial charge in [0.1, 0.15) is 17.3 Å². The summed E-state index contributed by atoms with van der Waals surface area (Å²) >= 11 is 0. The van der Waals surface area contributed by atoms with E-state index in [1.807, 2.05) is 19.0 Å². The second-order valence-corrected chi connectivity index (χ2v) is 7.92. The molecule has 1 saturated heterocycles. The Balaban J connectivity index is 2.11. The normalized spacial score (nSPS) is 18.1. The third kappa shape index (κ3) is 4.56. The first-order valence-electron chi connectivity index (χ1n) is 10.1. The number of amides is 1. The van der Waals surface area contributed by atoms with E-state index in [4.69, 9.17) is 4.74 Å². The van der Waals surface area contributed by atoms with Gasteiger partial charge in [0.2, 0.25) is 0 Å². The number of hydrogen-bond acceptors (Lipinski definition) is 6. The molecule has 7 heteroatoms. The topological polar surface area (TPSA) is 90.3 Å². The molecule has 2 N–H and O–H groups in total. The van der Waals surface area contributed by atoms with Gasteiger partial charge in [-0.2, -0.15) is 0 Å². The predicted octanol–water partition coefficient (Wildman–Crippen LogP) is 3.08.